The second-order valence-corrected chi connectivity index (χ2v) is 4.34. The summed E-state index contributed by atoms with van der Waals surface area (Å²) in [6.45, 7) is 0.609. The van der Waals surface area contributed by atoms with E-state index in [2.05, 4.69) is 5.38 Å². The number of hydrogen-bond donors (Lipinski definition) is 3. The molecule has 0 spiro atoms. The van der Waals surface area contributed by atoms with Crippen molar-refractivity contribution in [3.8, 4) is 0 Å². The van der Waals surface area contributed by atoms with Crippen LogP contribution in [-0.2, 0) is 6.42 Å². The lowest BCUT2D eigenvalue weighted by molar-refractivity contribution is 0.426. The van der Waals surface area contributed by atoms with Crippen LogP contribution in [0.25, 0.3) is 10.1 Å². The molecule has 2 aromatic rings. The highest BCUT2D eigenvalue weighted by Crippen LogP contribution is 2.25. The number of fused-ring (bicyclic) bond motifs is 1. The number of rotatable bonds is 3. The summed E-state index contributed by atoms with van der Waals surface area (Å²) in [6.07, 6.45) is 0.824. The molecule has 0 fully saturated rings. The molecule has 0 aliphatic heterocycles. The van der Waals surface area contributed by atoms with Gasteiger partial charge in [0.25, 0.3) is 0 Å². The van der Waals surface area contributed by atoms with Crippen molar-refractivity contribution in [2.45, 2.75) is 6.42 Å². The van der Waals surface area contributed by atoms with Crippen LogP contribution in [0.15, 0.2) is 23.6 Å². The minimum atomic E-state index is -1.40. The Morgan fingerprint density at radius 3 is 2.80 bits per heavy atom. The molecule has 0 saturated heterocycles. The molecule has 5 heteroatoms. The highest BCUT2D eigenvalue weighted by Gasteiger charge is 2.12. The Morgan fingerprint density at radius 2 is 2.13 bits per heavy atom. The molecule has 0 amide bonds. The van der Waals surface area contributed by atoms with Gasteiger partial charge >= 0.3 is 7.12 Å². The van der Waals surface area contributed by atoms with E-state index >= 15 is 0 Å². The fourth-order valence-electron chi connectivity index (χ4n) is 1.61. The molecule has 1 aromatic carbocycles. The second kappa shape index (κ2) is 4.32. The van der Waals surface area contributed by atoms with Gasteiger partial charge in [0.05, 0.1) is 0 Å². The number of hydrogen-bond acceptors (Lipinski definition) is 4. The van der Waals surface area contributed by atoms with Crippen LogP contribution in [0.1, 0.15) is 5.56 Å². The summed E-state index contributed by atoms with van der Waals surface area (Å²) >= 11 is 1.66. The van der Waals surface area contributed by atoms with Gasteiger partial charge in [-0.05, 0) is 40.8 Å². The Bertz CT molecular complexity index is 469. The Balaban J connectivity index is 2.51. The van der Waals surface area contributed by atoms with Crippen LogP contribution in [0.5, 0.6) is 0 Å². The molecule has 0 radical (unpaired) electrons. The summed E-state index contributed by atoms with van der Waals surface area (Å²) in [6, 6.07) is 5.46. The normalized spacial score (nSPS) is 10.9. The summed E-state index contributed by atoms with van der Waals surface area (Å²) < 4.78 is 1.16. The van der Waals surface area contributed by atoms with Crippen molar-refractivity contribution >= 4 is 34.0 Å². The van der Waals surface area contributed by atoms with Crippen LogP contribution in [0.3, 0.4) is 0 Å². The Labute approximate surface area is 92.3 Å². The van der Waals surface area contributed by atoms with Gasteiger partial charge in [-0.2, -0.15) is 0 Å². The molecule has 15 heavy (non-hydrogen) atoms. The van der Waals surface area contributed by atoms with Gasteiger partial charge in [-0.1, -0.05) is 12.1 Å². The molecule has 0 saturated carbocycles. The molecule has 1 aromatic heterocycles. The Kier molecular flexibility index (Phi) is 3.07. The predicted molar refractivity (Wildman–Crippen MR) is 64.4 cm³/mol. The zero-order valence-corrected chi connectivity index (χ0v) is 9.00. The van der Waals surface area contributed by atoms with E-state index in [1.54, 1.807) is 17.4 Å². The maximum Gasteiger partial charge on any atom is 0.488 e. The van der Waals surface area contributed by atoms with Crippen molar-refractivity contribution in [3.05, 3.63) is 29.1 Å². The van der Waals surface area contributed by atoms with Gasteiger partial charge in [-0.3, -0.25) is 0 Å². The maximum absolute atomic E-state index is 9.08. The lowest BCUT2D eigenvalue weighted by atomic mass is 9.80. The number of nitrogens with two attached hydrogens (primary N) is 1. The van der Waals surface area contributed by atoms with Crippen molar-refractivity contribution < 1.29 is 10.0 Å². The van der Waals surface area contributed by atoms with E-state index < -0.39 is 7.12 Å². The zero-order valence-electron chi connectivity index (χ0n) is 8.18. The fraction of sp³-hybridized carbons (Fsp3) is 0.200. The summed E-state index contributed by atoms with van der Waals surface area (Å²) in [5, 5.41) is 21.3. The van der Waals surface area contributed by atoms with Crippen molar-refractivity contribution in [3.63, 3.8) is 0 Å². The van der Waals surface area contributed by atoms with Gasteiger partial charge in [0, 0.05) is 4.70 Å². The first-order chi connectivity index (χ1) is 7.22. The third kappa shape index (κ3) is 2.05. The largest absolute Gasteiger partial charge is 0.488 e. The molecule has 0 bridgehead atoms. The average molecular weight is 221 g/mol. The molecule has 0 unspecified atom stereocenters. The van der Waals surface area contributed by atoms with E-state index in [-0.39, 0.29) is 0 Å². The molecular formula is C10H12BNO2S. The molecule has 0 aliphatic carbocycles. The molecule has 2 rings (SSSR count). The summed E-state index contributed by atoms with van der Waals surface area (Å²) in [4.78, 5) is 0. The number of benzene rings is 1. The third-order valence-corrected chi connectivity index (χ3v) is 3.40. The summed E-state index contributed by atoms with van der Waals surface area (Å²) in [5.41, 5.74) is 7.22. The lowest BCUT2D eigenvalue weighted by Gasteiger charge is -2.01. The van der Waals surface area contributed by atoms with Gasteiger partial charge in [0.2, 0.25) is 0 Å². The van der Waals surface area contributed by atoms with Gasteiger partial charge in [0.15, 0.2) is 0 Å². The number of thiophene rings is 1. The van der Waals surface area contributed by atoms with Crippen LogP contribution in [0, 0.1) is 0 Å². The van der Waals surface area contributed by atoms with Crippen molar-refractivity contribution in [1.29, 1.82) is 0 Å². The topological polar surface area (TPSA) is 66.5 Å². The van der Waals surface area contributed by atoms with Crippen molar-refractivity contribution in [2.24, 2.45) is 5.73 Å². The van der Waals surface area contributed by atoms with Gasteiger partial charge in [-0.15, -0.1) is 11.3 Å². The smallest absolute Gasteiger partial charge is 0.423 e. The second-order valence-electron chi connectivity index (χ2n) is 3.43. The standard InChI is InChI=1S/C10H12BNO2S/c12-4-3-7-6-15-10-2-1-8(11(13)14)5-9(7)10/h1-2,5-6,13-14H,3-4,12H2. The van der Waals surface area contributed by atoms with E-state index in [0.29, 0.717) is 12.0 Å². The first kappa shape index (κ1) is 10.6. The molecule has 78 valence electrons. The summed E-state index contributed by atoms with van der Waals surface area (Å²) in [5.74, 6) is 0. The van der Waals surface area contributed by atoms with Crippen LogP contribution >= 0.6 is 11.3 Å². The van der Waals surface area contributed by atoms with E-state index in [0.717, 1.165) is 16.5 Å². The molecular weight excluding hydrogens is 209 g/mol. The Hall–Kier alpha value is -0.875. The van der Waals surface area contributed by atoms with Gasteiger partial charge in [0.1, 0.15) is 0 Å². The van der Waals surface area contributed by atoms with Crippen molar-refractivity contribution in [2.75, 3.05) is 6.54 Å². The summed E-state index contributed by atoms with van der Waals surface area (Å²) in [7, 11) is -1.40. The SMILES string of the molecule is NCCc1csc2ccc(B(O)O)cc12. The molecule has 0 atom stereocenters. The molecule has 1 heterocycles. The molecule has 0 aliphatic rings. The third-order valence-electron chi connectivity index (χ3n) is 2.39. The quantitative estimate of drug-likeness (QED) is 0.643. The molecule has 4 N–H and O–H groups in total. The maximum atomic E-state index is 9.08. The van der Waals surface area contributed by atoms with Gasteiger partial charge in [-0.25, -0.2) is 0 Å². The molecule has 3 nitrogen and oxygen atoms in total. The monoisotopic (exact) mass is 221 g/mol. The average Bonchev–Trinajstić information content (AvgIpc) is 2.61. The lowest BCUT2D eigenvalue weighted by Crippen LogP contribution is -2.29. The minimum absolute atomic E-state index is 0.527. The zero-order chi connectivity index (χ0) is 10.8. The van der Waals surface area contributed by atoms with E-state index in [4.69, 9.17) is 15.8 Å². The van der Waals surface area contributed by atoms with Crippen LogP contribution in [-0.4, -0.2) is 23.7 Å². The van der Waals surface area contributed by atoms with Crippen LogP contribution in [0.4, 0.5) is 0 Å². The first-order valence-corrected chi connectivity index (χ1v) is 5.66. The highest BCUT2D eigenvalue weighted by atomic mass is 32.1. The minimum Gasteiger partial charge on any atom is -0.423 e. The van der Waals surface area contributed by atoms with Crippen LogP contribution in [0.2, 0.25) is 0 Å². The van der Waals surface area contributed by atoms with E-state index in [1.165, 1.54) is 5.56 Å². The van der Waals surface area contributed by atoms with E-state index in [1.807, 2.05) is 12.1 Å². The highest BCUT2D eigenvalue weighted by molar-refractivity contribution is 7.17. The van der Waals surface area contributed by atoms with Crippen molar-refractivity contribution in [1.82, 2.24) is 0 Å². The van der Waals surface area contributed by atoms with Crippen LogP contribution < -0.4 is 11.2 Å². The van der Waals surface area contributed by atoms with Gasteiger partial charge < -0.3 is 15.8 Å². The predicted octanol–water partition coefficient (Wildman–Crippen LogP) is 0.0823. The Morgan fingerprint density at radius 1 is 1.33 bits per heavy atom. The van der Waals surface area contributed by atoms with E-state index in [9.17, 15) is 0 Å². The fourth-order valence-corrected chi connectivity index (χ4v) is 2.59. The first-order valence-electron chi connectivity index (χ1n) is 4.78.